The van der Waals surface area contributed by atoms with Gasteiger partial charge in [-0.25, -0.2) is 0 Å². The summed E-state index contributed by atoms with van der Waals surface area (Å²) in [6.45, 7) is 3.34. The molecule has 2 rings (SSSR count). The summed E-state index contributed by atoms with van der Waals surface area (Å²) in [5.74, 6) is 0.644. The lowest BCUT2D eigenvalue weighted by atomic mass is 10.1. The Morgan fingerprint density at radius 3 is 1.62 bits per heavy atom. The molecule has 0 unspecified atom stereocenters. The number of hydrogen-bond donors (Lipinski definition) is 0. The number of furan rings is 2. The molecule has 3 nitrogen and oxygen atoms in total. The largest absolute Gasteiger partial charge is 0.467 e. The minimum Gasteiger partial charge on any atom is -0.467 e. The van der Waals surface area contributed by atoms with Crippen molar-refractivity contribution in [2.75, 3.05) is 0 Å². The van der Waals surface area contributed by atoms with Crippen LogP contribution in [0.4, 0.5) is 0 Å². The van der Waals surface area contributed by atoms with Crippen LogP contribution in [0.1, 0.15) is 27.4 Å². The van der Waals surface area contributed by atoms with Gasteiger partial charge in [0.1, 0.15) is 24.0 Å². The highest BCUT2D eigenvalue weighted by molar-refractivity contribution is 6.38. The van der Waals surface area contributed by atoms with Crippen molar-refractivity contribution >= 4 is 29.0 Å². The molecule has 0 bridgehead atoms. The third-order valence-corrected chi connectivity index (χ3v) is 2.87. The van der Waals surface area contributed by atoms with Gasteiger partial charge >= 0.3 is 0 Å². The average molecular weight is 259 g/mol. The number of ketones is 1. The number of carbonyl (C=O) groups excluding carboxylic acids is 1. The fourth-order valence-corrected chi connectivity index (χ4v) is 2.04. The summed E-state index contributed by atoms with van der Waals surface area (Å²) in [5, 5.41) is 0.554. The van der Waals surface area contributed by atoms with E-state index < -0.39 is 0 Å². The minimum absolute atomic E-state index is 0.277. The Hall–Kier alpha value is -1.19. The molecule has 0 saturated heterocycles. The monoisotopic (exact) mass is 258 g/mol. The van der Waals surface area contributed by atoms with Gasteiger partial charge in [0.15, 0.2) is 0 Å². The van der Waals surface area contributed by atoms with Crippen molar-refractivity contribution in [1.82, 2.24) is 0 Å². The first kappa shape index (κ1) is 11.3. The normalized spacial score (nSPS) is 10.8. The first-order valence-corrected chi connectivity index (χ1v) is 5.30. The lowest BCUT2D eigenvalue weighted by molar-refractivity contribution is 0.103. The lowest BCUT2D eigenvalue weighted by Gasteiger charge is -1.99. The van der Waals surface area contributed by atoms with Crippen LogP contribution in [-0.4, -0.2) is 5.78 Å². The van der Waals surface area contributed by atoms with Gasteiger partial charge < -0.3 is 8.83 Å². The molecule has 0 fully saturated rings. The van der Waals surface area contributed by atoms with E-state index in [4.69, 9.17) is 32.0 Å². The molecule has 0 aliphatic rings. The van der Waals surface area contributed by atoms with Crippen LogP contribution in [0.5, 0.6) is 0 Å². The Balaban J connectivity index is 2.56. The molecular weight excluding hydrogens is 251 g/mol. The van der Waals surface area contributed by atoms with Gasteiger partial charge in [-0.15, -0.1) is 0 Å². The summed E-state index contributed by atoms with van der Waals surface area (Å²) >= 11 is 11.7. The van der Waals surface area contributed by atoms with Crippen LogP contribution >= 0.6 is 23.2 Å². The zero-order chi connectivity index (χ0) is 11.9. The van der Waals surface area contributed by atoms with Crippen LogP contribution in [0.3, 0.4) is 0 Å². The van der Waals surface area contributed by atoms with Crippen LogP contribution in [-0.2, 0) is 0 Å². The zero-order valence-electron chi connectivity index (χ0n) is 8.64. The summed E-state index contributed by atoms with van der Waals surface area (Å²) in [6.07, 6.45) is 2.65. The van der Waals surface area contributed by atoms with Crippen molar-refractivity contribution in [2.45, 2.75) is 13.8 Å². The molecule has 16 heavy (non-hydrogen) atoms. The van der Waals surface area contributed by atoms with Crippen molar-refractivity contribution < 1.29 is 13.6 Å². The molecule has 0 spiro atoms. The molecule has 0 atom stereocenters. The Morgan fingerprint density at radius 1 is 1.00 bits per heavy atom. The number of hydrogen-bond acceptors (Lipinski definition) is 3. The smallest absolute Gasteiger partial charge is 0.203 e. The fourth-order valence-electron chi connectivity index (χ4n) is 1.51. The molecule has 0 aliphatic carbocycles. The van der Waals surface area contributed by atoms with E-state index in [1.807, 2.05) is 0 Å². The molecule has 2 aromatic rings. The summed E-state index contributed by atoms with van der Waals surface area (Å²) in [6, 6.07) is 0. The molecule has 2 heterocycles. The molecule has 2 aromatic heterocycles. The average Bonchev–Trinajstić information content (AvgIpc) is 2.71. The van der Waals surface area contributed by atoms with E-state index in [9.17, 15) is 4.79 Å². The van der Waals surface area contributed by atoms with E-state index in [0.29, 0.717) is 22.6 Å². The van der Waals surface area contributed by atoms with Gasteiger partial charge in [0.25, 0.3) is 0 Å². The lowest BCUT2D eigenvalue weighted by Crippen LogP contribution is -2.03. The predicted octanol–water partition coefficient (Wildman–Crippen LogP) is 4.03. The summed E-state index contributed by atoms with van der Waals surface area (Å²) in [5.41, 5.74) is 0.654. The Morgan fingerprint density at radius 2 is 1.38 bits per heavy atom. The van der Waals surface area contributed by atoms with Gasteiger partial charge in [-0.1, -0.05) is 23.2 Å². The second-order valence-corrected chi connectivity index (χ2v) is 4.17. The summed E-state index contributed by atoms with van der Waals surface area (Å²) < 4.78 is 10.1. The van der Waals surface area contributed by atoms with E-state index in [1.54, 1.807) is 13.8 Å². The van der Waals surface area contributed by atoms with E-state index in [0.717, 1.165) is 0 Å². The van der Waals surface area contributed by atoms with E-state index >= 15 is 0 Å². The van der Waals surface area contributed by atoms with Gasteiger partial charge in [0, 0.05) is 0 Å². The Labute approximate surface area is 102 Å². The summed E-state index contributed by atoms with van der Waals surface area (Å²) in [4.78, 5) is 12.2. The number of halogens is 2. The molecule has 5 heteroatoms. The molecular formula is C11H8Cl2O3. The minimum atomic E-state index is -0.285. The first-order valence-electron chi connectivity index (χ1n) is 4.54. The van der Waals surface area contributed by atoms with Crippen molar-refractivity contribution in [1.29, 1.82) is 0 Å². The van der Waals surface area contributed by atoms with Crippen molar-refractivity contribution in [3.8, 4) is 0 Å². The molecule has 0 saturated carbocycles. The van der Waals surface area contributed by atoms with Crippen molar-refractivity contribution in [3.63, 3.8) is 0 Å². The second-order valence-electron chi connectivity index (χ2n) is 3.36. The van der Waals surface area contributed by atoms with Crippen LogP contribution < -0.4 is 0 Å². The van der Waals surface area contributed by atoms with E-state index in [2.05, 4.69) is 0 Å². The van der Waals surface area contributed by atoms with Gasteiger partial charge in [-0.3, -0.25) is 4.79 Å². The summed E-state index contributed by atoms with van der Waals surface area (Å²) in [7, 11) is 0. The quantitative estimate of drug-likeness (QED) is 0.764. The molecule has 0 amide bonds. The van der Waals surface area contributed by atoms with Crippen molar-refractivity contribution in [3.05, 3.63) is 45.2 Å². The molecule has 0 radical (unpaired) electrons. The molecule has 0 aliphatic heterocycles. The zero-order valence-corrected chi connectivity index (χ0v) is 10.1. The topological polar surface area (TPSA) is 43.4 Å². The SMILES string of the molecule is Cc1occ(Cl)c1C(=O)c1c(Cl)coc1C. The Bertz CT molecular complexity index is 464. The third kappa shape index (κ3) is 1.66. The second kappa shape index (κ2) is 4.00. The maximum atomic E-state index is 12.2. The van der Waals surface area contributed by atoms with Crippen molar-refractivity contribution in [2.24, 2.45) is 0 Å². The number of aryl methyl sites for hydroxylation is 2. The van der Waals surface area contributed by atoms with Crippen LogP contribution in [0.2, 0.25) is 10.0 Å². The first-order chi connectivity index (χ1) is 7.52. The van der Waals surface area contributed by atoms with Gasteiger partial charge in [0.05, 0.1) is 21.2 Å². The molecule has 0 N–H and O–H groups in total. The third-order valence-electron chi connectivity index (χ3n) is 2.31. The number of rotatable bonds is 2. The molecule has 0 aromatic carbocycles. The fraction of sp³-hybridized carbons (Fsp3) is 0.182. The highest BCUT2D eigenvalue weighted by Gasteiger charge is 2.24. The van der Waals surface area contributed by atoms with Crippen LogP contribution in [0.25, 0.3) is 0 Å². The highest BCUT2D eigenvalue weighted by Crippen LogP contribution is 2.30. The van der Waals surface area contributed by atoms with E-state index in [1.165, 1.54) is 12.5 Å². The Kier molecular flexibility index (Phi) is 2.82. The van der Waals surface area contributed by atoms with Crippen LogP contribution in [0, 0.1) is 13.8 Å². The maximum Gasteiger partial charge on any atom is 0.203 e. The van der Waals surface area contributed by atoms with Crippen LogP contribution in [0.15, 0.2) is 21.4 Å². The molecule has 84 valence electrons. The predicted molar refractivity (Wildman–Crippen MR) is 60.3 cm³/mol. The standard InChI is InChI=1S/C11H8Cl2O3/c1-5-9(7(12)3-15-5)11(14)10-6(2)16-4-8(10)13/h3-4H,1-2H3. The van der Waals surface area contributed by atoms with E-state index in [-0.39, 0.29) is 15.8 Å². The van der Waals surface area contributed by atoms with Gasteiger partial charge in [0.2, 0.25) is 5.78 Å². The van der Waals surface area contributed by atoms with Gasteiger partial charge in [-0.2, -0.15) is 0 Å². The maximum absolute atomic E-state index is 12.2. The van der Waals surface area contributed by atoms with Gasteiger partial charge in [-0.05, 0) is 13.8 Å². The highest BCUT2D eigenvalue weighted by atomic mass is 35.5. The number of carbonyl (C=O) groups is 1.